The Kier molecular flexibility index (Phi) is 6.31. The summed E-state index contributed by atoms with van der Waals surface area (Å²) < 4.78 is 37.6. The molecule has 2 aromatic carbocycles. The highest BCUT2D eigenvalue weighted by Gasteiger charge is 2.29. The lowest BCUT2D eigenvalue weighted by atomic mass is 9.87. The number of rotatable bonds is 3. The van der Waals surface area contributed by atoms with Crippen LogP contribution in [0.3, 0.4) is 0 Å². The van der Waals surface area contributed by atoms with Crippen molar-refractivity contribution >= 4 is 18.3 Å². The van der Waals surface area contributed by atoms with E-state index in [1.165, 1.54) is 17.7 Å². The number of benzene rings is 2. The number of hydrogen-bond donors (Lipinski definition) is 2. The van der Waals surface area contributed by atoms with E-state index in [0.717, 1.165) is 37.0 Å². The van der Waals surface area contributed by atoms with Gasteiger partial charge in [0, 0.05) is 18.2 Å². The first-order valence-corrected chi connectivity index (χ1v) is 8.14. The van der Waals surface area contributed by atoms with E-state index < -0.39 is 11.7 Å². The summed E-state index contributed by atoms with van der Waals surface area (Å²) in [4.78, 5) is 12.3. The number of alkyl halides is 3. The maximum absolute atomic E-state index is 12.5. The third-order valence-electron chi connectivity index (χ3n) is 4.47. The zero-order valence-corrected chi connectivity index (χ0v) is 14.8. The third-order valence-corrected chi connectivity index (χ3v) is 4.47. The number of halogens is 4. The van der Waals surface area contributed by atoms with Crippen molar-refractivity contribution in [1.29, 1.82) is 0 Å². The van der Waals surface area contributed by atoms with Gasteiger partial charge < -0.3 is 11.1 Å². The first-order valence-electron chi connectivity index (χ1n) is 8.14. The molecule has 0 saturated heterocycles. The van der Waals surface area contributed by atoms with E-state index in [1.807, 2.05) is 12.1 Å². The van der Waals surface area contributed by atoms with Crippen molar-refractivity contribution in [3.63, 3.8) is 0 Å². The molecule has 1 unspecified atom stereocenters. The predicted molar refractivity (Wildman–Crippen MR) is 96.3 cm³/mol. The minimum atomic E-state index is -4.35. The maximum Gasteiger partial charge on any atom is 0.416 e. The highest BCUT2D eigenvalue weighted by molar-refractivity contribution is 5.94. The van der Waals surface area contributed by atoms with Crippen molar-refractivity contribution < 1.29 is 18.0 Å². The van der Waals surface area contributed by atoms with Crippen molar-refractivity contribution in [2.75, 3.05) is 0 Å². The topological polar surface area (TPSA) is 55.1 Å². The number of aryl methyl sites for hydroxylation is 1. The molecule has 3 nitrogen and oxygen atoms in total. The van der Waals surface area contributed by atoms with Gasteiger partial charge >= 0.3 is 6.18 Å². The highest BCUT2D eigenvalue weighted by Crippen LogP contribution is 2.29. The van der Waals surface area contributed by atoms with Gasteiger partial charge in [0.15, 0.2) is 0 Å². The molecule has 0 heterocycles. The molecule has 26 heavy (non-hydrogen) atoms. The molecule has 0 radical (unpaired) electrons. The number of nitrogens with one attached hydrogen (secondary N) is 1. The maximum atomic E-state index is 12.5. The van der Waals surface area contributed by atoms with E-state index in [1.54, 1.807) is 6.07 Å². The Morgan fingerprint density at radius 2 is 1.81 bits per heavy atom. The average Bonchev–Trinajstić information content (AvgIpc) is 2.58. The lowest BCUT2D eigenvalue weighted by molar-refractivity contribution is -0.137. The minimum Gasteiger partial charge on any atom is -0.348 e. The second-order valence-corrected chi connectivity index (χ2v) is 6.36. The van der Waals surface area contributed by atoms with Gasteiger partial charge in [-0.05, 0) is 60.2 Å². The van der Waals surface area contributed by atoms with Crippen LogP contribution in [0.25, 0.3) is 0 Å². The number of hydrogen-bond acceptors (Lipinski definition) is 2. The van der Waals surface area contributed by atoms with E-state index in [-0.39, 0.29) is 30.9 Å². The molecule has 140 valence electrons. The summed E-state index contributed by atoms with van der Waals surface area (Å²) in [5.74, 6) is -0.238. The summed E-state index contributed by atoms with van der Waals surface area (Å²) in [7, 11) is 0. The molecule has 3 N–H and O–H groups in total. The Labute approximate surface area is 156 Å². The average molecular weight is 385 g/mol. The Hall–Kier alpha value is -2.05. The van der Waals surface area contributed by atoms with Crippen LogP contribution < -0.4 is 11.1 Å². The predicted octanol–water partition coefficient (Wildman–Crippen LogP) is 3.87. The van der Waals surface area contributed by atoms with Crippen molar-refractivity contribution in [1.82, 2.24) is 5.32 Å². The normalized spacial score (nSPS) is 16.4. The molecule has 7 heteroatoms. The Morgan fingerprint density at radius 1 is 1.12 bits per heavy atom. The van der Waals surface area contributed by atoms with Crippen molar-refractivity contribution in [3.8, 4) is 0 Å². The van der Waals surface area contributed by atoms with Crippen molar-refractivity contribution in [2.24, 2.45) is 5.73 Å². The molecule has 0 aromatic heterocycles. The van der Waals surface area contributed by atoms with E-state index in [0.29, 0.717) is 11.1 Å². The van der Waals surface area contributed by atoms with Crippen LogP contribution in [0, 0.1) is 0 Å². The number of nitrogens with two attached hydrogens (primary N) is 1. The van der Waals surface area contributed by atoms with Crippen LogP contribution in [0.4, 0.5) is 13.2 Å². The van der Waals surface area contributed by atoms with Gasteiger partial charge in [0.2, 0.25) is 0 Å². The second-order valence-electron chi connectivity index (χ2n) is 6.36. The molecule has 1 aliphatic carbocycles. The van der Waals surface area contributed by atoms with Gasteiger partial charge in [0.05, 0.1) is 5.56 Å². The van der Waals surface area contributed by atoms with Crippen LogP contribution in [0.5, 0.6) is 0 Å². The van der Waals surface area contributed by atoms with Crippen molar-refractivity contribution in [2.45, 2.75) is 38.0 Å². The van der Waals surface area contributed by atoms with Crippen molar-refractivity contribution in [3.05, 3.63) is 70.3 Å². The smallest absolute Gasteiger partial charge is 0.348 e. The molecular weight excluding hydrogens is 365 g/mol. The largest absolute Gasteiger partial charge is 0.416 e. The summed E-state index contributed by atoms with van der Waals surface area (Å²) >= 11 is 0. The first kappa shape index (κ1) is 20.3. The molecule has 1 atom stereocenters. The monoisotopic (exact) mass is 384 g/mol. The summed E-state index contributed by atoms with van der Waals surface area (Å²) in [6.45, 7) is 0.179. The van der Waals surface area contributed by atoms with Crippen LogP contribution in [0.15, 0.2) is 42.5 Å². The molecule has 1 aliphatic rings. The third kappa shape index (κ3) is 4.77. The zero-order valence-electron chi connectivity index (χ0n) is 14.0. The summed E-state index contributed by atoms with van der Waals surface area (Å²) in [6.07, 6.45) is -1.77. The number of fused-ring (bicyclic) bond motifs is 1. The molecule has 0 spiro atoms. The van der Waals surface area contributed by atoms with Gasteiger partial charge in [-0.25, -0.2) is 0 Å². The lowest BCUT2D eigenvalue weighted by Crippen LogP contribution is -2.28. The van der Waals surface area contributed by atoms with Crippen LogP contribution in [0.2, 0.25) is 0 Å². The van der Waals surface area contributed by atoms with E-state index in [4.69, 9.17) is 5.73 Å². The van der Waals surface area contributed by atoms with Gasteiger partial charge in [0.1, 0.15) is 0 Å². The molecule has 3 rings (SSSR count). The molecule has 0 bridgehead atoms. The van der Waals surface area contributed by atoms with Gasteiger partial charge in [-0.1, -0.05) is 18.2 Å². The minimum absolute atomic E-state index is 0. The van der Waals surface area contributed by atoms with Crippen LogP contribution in [0.1, 0.15) is 39.0 Å². The quantitative estimate of drug-likeness (QED) is 0.844. The zero-order chi connectivity index (χ0) is 18.0. The second kappa shape index (κ2) is 8.10. The summed E-state index contributed by atoms with van der Waals surface area (Å²) in [5.41, 5.74) is 8.74. The summed E-state index contributed by atoms with van der Waals surface area (Å²) in [6, 6.07) is 10.5. The van der Waals surface area contributed by atoms with Crippen LogP contribution in [-0.2, 0) is 25.6 Å². The fraction of sp³-hybridized carbons (Fsp3) is 0.316. The Morgan fingerprint density at radius 3 is 2.46 bits per heavy atom. The molecule has 1 amide bonds. The molecule has 0 saturated carbocycles. The van der Waals surface area contributed by atoms with E-state index >= 15 is 0 Å². The fourth-order valence-electron chi connectivity index (χ4n) is 3.02. The first-order chi connectivity index (χ1) is 11.8. The van der Waals surface area contributed by atoms with Crippen LogP contribution in [-0.4, -0.2) is 11.9 Å². The Bertz CT molecular complexity index is 775. The Balaban J connectivity index is 0.00000243. The van der Waals surface area contributed by atoms with Gasteiger partial charge in [0.25, 0.3) is 5.91 Å². The lowest BCUT2D eigenvalue weighted by Gasteiger charge is -2.21. The molecule has 0 aliphatic heterocycles. The summed E-state index contributed by atoms with van der Waals surface area (Å²) in [5, 5.41) is 2.74. The molecule has 0 fully saturated rings. The molecule has 2 aromatic rings. The van der Waals surface area contributed by atoms with Gasteiger partial charge in [-0.15, -0.1) is 12.4 Å². The highest BCUT2D eigenvalue weighted by atomic mass is 35.5. The van der Waals surface area contributed by atoms with E-state index in [9.17, 15) is 18.0 Å². The fourth-order valence-corrected chi connectivity index (χ4v) is 3.02. The van der Waals surface area contributed by atoms with Gasteiger partial charge in [-0.2, -0.15) is 13.2 Å². The number of carbonyl (C=O) groups excluding carboxylic acids is 1. The van der Waals surface area contributed by atoms with Gasteiger partial charge in [-0.3, -0.25) is 4.79 Å². The molecular formula is C19H20ClF3N2O. The van der Waals surface area contributed by atoms with Crippen LogP contribution >= 0.6 is 12.4 Å². The number of amides is 1. The standard InChI is InChI=1S/C19H19F3N2O.ClH/c20-19(21,22)16-6-1-12(2-7-16)11-24-18(25)15-4-3-14-10-17(23)8-5-13(14)9-15;/h1-4,6-7,9,17H,5,8,10-11,23H2,(H,24,25);1H. The SMILES string of the molecule is Cl.NC1CCc2cc(C(=O)NCc3ccc(C(F)(F)F)cc3)ccc2C1. The van der Waals surface area contributed by atoms with E-state index in [2.05, 4.69) is 5.32 Å². The number of carbonyl (C=O) groups is 1.